The number of amides is 12. The Balaban J connectivity index is 0.000000173. The van der Waals surface area contributed by atoms with E-state index in [9.17, 15) is 62.3 Å². The van der Waals surface area contributed by atoms with E-state index in [-0.39, 0.29) is 74.3 Å². The number of carbonyl (C=O) groups excluding carboxylic acids is 11. The fraction of sp³-hybridized carbons (Fsp3) is 0.483. The highest BCUT2D eigenvalue weighted by Gasteiger charge is 2.47. The summed E-state index contributed by atoms with van der Waals surface area (Å²) in [6.45, 7) is 15.5. The summed E-state index contributed by atoms with van der Waals surface area (Å²) in [5.41, 5.74) is 10.7. The van der Waals surface area contributed by atoms with Crippen LogP contribution < -0.4 is 66.4 Å². The number of aryl methyl sites for hydroxylation is 2. The first-order chi connectivity index (χ1) is 59.8. The smallest absolute Gasteiger partial charge is 0.317 e. The van der Waals surface area contributed by atoms with Gasteiger partial charge in [-0.3, -0.25) is 92.7 Å². The molecule has 16 rings (SSSR count). The highest BCUT2D eigenvalue weighted by atomic mass is 16.5. The molecule has 35 nitrogen and oxygen atoms in total. The zero-order chi connectivity index (χ0) is 88.3. The summed E-state index contributed by atoms with van der Waals surface area (Å²) in [7, 11) is 12.9. The van der Waals surface area contributed by atoms with Crippen LogP contribution in [-0.4, -0.2) is 280 Å². The predicted molar refractivity (Wildman–Crippen MR) is 458 cm³/mol. The second kappa shape index (κ2) is 39.9. The van der Waals surface area contributed by atoms with Crippen molar-refractivity contribution in [2.24, 2.45) is 25.9 Å². The molecule has 12 amide bonds. The van der Waals surface area contributed by atoms with Crippen LogP contribution in [0.4, 0.5) is 21.0 Å². The van der Waals surface area contributed by atoms with Crippen LogP contribution in [0.5, 0.6) is 23.0 Å². The van der Waals surface area contributed by atoms with E-state index in [1.807, 2.05) is 30.5 Å². The number of hydrogen-bond donors (Lipinski definition) is 6. The largest absolute Gasteiger partial charge is 0.496 e. The third-order valence-electron chi connectivity index (χ3n) is 25.6. The van der Waals surface area contributed by atoms with Gasteiger partial charge in [-0.1, -0.05) is 0 Å². The van der Waals surface area contributed by atoms with Gasteiger partial charge in [-0.2, -0.15) is 0 Å². The predicted octanol–water partition coefficient (Wildman–Crippen LogP) is 4.47. The Morgan fingerprint density at radius 1 is 0.460 bits per heavy atom. The quantitative estimate of drug-likeness (QED) is 0.0481. The maximum atomic E-state index is 13.4. The number of nitrogens with zero attached hydrogens (tertiary/aromatic N) is 11. The number of nitrogens with one attached hydrogen (secondary N) is 5. The fourth-order valence-electron chi connectivity index (χ4n) is 18.6. The highest BCUT2D eigenvalue weighted by Crippen LogP contribution is 2.42. The van der Waals surface area contributed by atoms with E-state index in [4.69, 9.17) is 28.8 Å². The number of imide groups is 4. The minimum atomic E-state index is -0.974. The van der Waals surface area contributed by atoms with E-state index in [2.05, 4.69) is 51.1 Å². The molecule has 0 saturated carbocycles. The number of urea groups is 2. The van der Waals surface area contributed by atoms with Crippen molar-refractivity contribution in [2.75, 3.05) is 157 Å². The number of pyridine rings is 2. The molecule has 6 aromatic rings. The SMILES string of the molecule is CNC(=O)N1CCc2c(-c3cc(OC)c(C=O)c(OC)c3)cn(C)c(=O)c2C1.CNC(=O)N1CCc2c(-c3cc(OC)c(CN4CCC(CCN5CCN(c6ccc7c(c6)C(=O)N(C6CCC(=O)NC6=O)C7=O)CC5)CC4)c(OC)c3)cn(C)c(=O)c2C1.O=C1CCC(N2C(=O)c3ccc(N4CCN(CCC5CCNCC5)CC4)cc3C2=O)C(=O)N1.O=CO. The van der Waals surface area contributed by atoms with Gasteiger partial charge in [-0.25, -0.2) is 9.59 Å². The zero-order valence-electron chi connectivity index (χ0n) is 71.5. The first kappa shape index (κ1) is 89.4. The number of carbonyl (C=O) groups is 12. The monoisotopic (exact) mass is 1710 g/mol. The standard InChI is InChI=1S/C44H54N8O8.C24H31N5O4.C20H23N3O5.CH2O2/c1-45-44(58)51-16-12-30-33(24-47(2)41(55)34(30)26-51)28-21-37(59-3)35(38(22-28)60-4)25-49-14-10-27(11-15-49)9-13-48-17-19-50(20-18-48)29-5-6-31-32(23-29)43(57)52(42(31)56)36-7-8-39(53)46-40(36)54;30-21-4-3-20(22(31)26-21)29-23(32)18-2-1-17(15-19(18)24(29)33)28-13-11-27(12-14-28)10-7-16-5-8-25-9-6-16;1-21-20(26)23-6-5-13-14(9-22(2)19(25)15(13)10-23)12-7-17(27-3)16(11-24)18(8-12)28-4;2-1-3/h5-6,21-24,27,36H,7-20,25-26H2,1-4H3,(H,45,58)(H,46,53,54);1-2,15-16,20,25H,3-14H2,(H,26,30,31);7-9,11H,5-6,10H2,1-4H3,(H,21,26);1H,(H,2,3). The molecule has 2 unspecified atom stereocenters. The topological polar surface area (TPSA) is 395 Å². The number of aromatic nitrogens is 2. The van der Waals surface area contributed by atoms with Gasteiger partial charge in [0.05, 0.1) is 74.9 Å². The number of benzene rings is 4. The summed E-state index contributed by atoms with van der Waals surface area (Å²) in [6, 6.07) is 16.0. The van der Waals surface area contributed by atoms with Gasteiger partial charge in [0.1, 0.15) is 35.1 Å². The van der Waals surface area contributed by atoms with Gasteiger partial charge in [0.15, 0.2) is 6.29 Å². The molecule has 0 bridgehead atoms. The number of ether oxygens (including phenoxy) is 4. The Morgan fingerprint density at radius 3 is 1.23 bits per heavy atom. The number of rotatable bonds is 19. The number of piperazine rings is 2. The van der Waals surface area contributed by atoms with E-state index in [1.165, 1.54) is 38.0 Å². The van der Waals surface area contributed by atoms with Gasteiger partial charge in [0, 0.05) is 159 Å². The number of piperidine rings is 4. The molecule has 0 radical (unpaired) electrons. The molecule has 660 valence electrons. The van der Waals surface area contributed by atoms with Gasteiger partial charge in [0.2, 0.25) is 23.6 Å². The lowest BCUT2D eigenvalue weighted by molar-refractivity contribution is -0.137. The number of methoxy groups -OCH3 is 4. The van der Waals surface area contributed by atoms with Gasteiger partial charge in [-0.15, -0.1) is 0 Å². The Bertz CT molecular complexity index is 5200. The van der Waals surface area contributed by atoms with E-state index in [0.29, 0.717) is 95.1 Å². The van der Waals surface area contributed by atoms with E-state index < -0.39 is 53.4 Å². The summed E-state index contributed by atoms with van der Waals surface area (Å²) in [5, 5.41) is 20.1. The van der Waals surface area contributed by atoms with Gasteiger partial charge in [-0.05, 0) is 198 Å². The van der Waals surface area contributed by atoms with Crippen LogP contribution in [0.2, 0.25) is 0 Å². The third kappa shape index (κ3) is 19.2. The van der Waals surface area contributed by atoms with Crippen LogP contribution in [0.15, 0.2) is 82.6 Å². The number of likely N-dealkylation sites (tertiary alicyclic amines) is 1. The van der Waals surface area contributed by atoms with Crippen LogP contribution in [0.3, 0.4) is 0 Å². The minimum Gasteiger partial charge on any atom is -0.496 e. The van der Waals surface area contributed by atoms with Crippen molar-refractivity contribution in [2.45, 2.75) is 109 Å². The van der Waals surface area contributed by atoms with Gasteiger partial charge >= 0.3 is 12.1 Å². The van der Waals surface area contributed by atoms with Gasteiger partial charge in [0.25, 0.3) is 41.2 Å². The van der Waals surface area contributed by atoms with Crippen molar-refractivity contribution in [1.82, 2.24) is 70.0 Å². The molecule has 0 spiro atoms. The van der Waals surface area contributed by atoms with Crippen molar-refractivity contribution in [3.05, 3.63) is 149 Å². The molecule has 6 N–H and O–H groups in total. The average Bonchev–Trinajstić information content (AvgIpc) is 1.13. The summed E-state index contributed by atoms with van der Waals surface area (Å²) in [5.74, 6) is -0.0956. The van der Waals surface area contributed by atoms with Crippen molar-refractivity contribution >= 4 is 83.5 Å². The summed E-state index contributed by atoms with van der Waals surface area (Å²) < 4.78 is 25.8. The molecule has 6 fully saturated rings. The lowest BCUT2D eigenvalue weighted by atomic mass is 9.91. The van der Waals surface area contributed by atoms with E-state index >= 15 is 0 Å². The second-order valence-corrected chi connectivity index (χ2v) is 32.7. The first-order valence-electron chi connectivity index (χ1n) is 42.3. The normalized spacial score (nSPS) is 19.5. The minimum absolute atomic E-state index is 0.0910. The van der Waals surface area contributed by atoms with E-state index in [0.717, 1.165) is 188 Å². The molecule has 0 aliphatic carbocycles. The van der Waals surface area contributed by atoms with Crippen LogP contribution in [0.25, 0.3) is 22.3 Å². The molecule has 12 heterocycles. The summed E-state index contributed by atoms with van der Waals surface area (Å²) in [4.78, 5) is 188. The molecule has 10 aliphatic heterocycles. The lowest BCUT2D eigenvalue weighted by Gasteiger charge is -2.38. The van der Waals surface area contributed by atoms with E-state index in [1.54, 1.807) is 99.4 Å². The maximum absolute atomic E-state index is 13.4. The fourth-order valence-corrected chi connectivity index (χ4v) is 18.6. The Hall–Kier alpha value is -12.3. The number of aldehydes is 1. The Morgan fingerprint density at radius 2 is 0.847 bits per heavy atom. The number of carboxylic acid groups (broad SMARTS) is 1. The van der Waals surface area contributed by atoms with Crippen LogP contribution in [0, 0.1) is 11.8 Å². The Labute approximate surface area is 718 Å². The number of fused-ring (bicyclic) bond motifs is 4. The molecule has 35 heteroatoms. The molecule has 2 atom stereocenters. The highest BCUT2D eigenvalue weighted by molar-refractivity contribution is 6.25. The number of anilines is 2. The Kier molecular flexibility index (Phi) is 28.8. The van der Waals surface area contributed by atoms with Crippen molar-refractivity contribution in [1.29, 1.82) is 0 Å². The average molecular weight is 1710 g/mol. The molecule has 4 aromatic carbocycles. The lowest BCUT2D eigenvalue weighted by Crippen LogP contribution is -2.54. The van der Waals surface area contributed by atoms with Crippen LogP contribution >= 0.6 is 0 Å². The maximum Gasteiger partial charge on any atom is 0.317 e. The number of hydrogen-bond acceptors (Lipinski definition) is 24. The molecule has 124 heavy (non-hydrogen) atoms. The third-order valence-corrected chi connectivity index (χ3v) is 25.6. The van der Waals surface area contributed by atoms with Gasteiger partial charge < -0.3 is 68.7 Å². The molecular formula is C89H110N16O19. The first-order valence-corrected chi connectivity index (χ1v) is 42.3. The van der Waals surface area contributed by atoms with Crippen molar-refractivity contribution in [3.63, 3.8) is 0 Å². The second-order valence-electron chi connectivity index (χ2n) is 32.7. The molecule has 2 aromatic heterocycles. The molecule has 10 aliphatic rings. The van der Waals surface area contributed by atoms with Crippen LogP contribution in [0.1, 0.15) is 144 Å². The summed E-state index contributed by atoms with van der Waals surface area (Å²) in [6.07, 6.45) is 13.1. The van der Waals surface area contributed by atoms with Crippen molar-refractivity contribution < 1.29 is 81.6 Å². The van der Waals surface area contributed by atoms with Crippen LogP contribution in [-0.2, 0) is 70.5 Å². The molecule has 6 saturated heterocycles. The zero-order valence-corrected chi connectivity index (χ0v) is 71.5. The summed E-state index contributed by atoms with van der Waals surface area (Å²) >= 11 is 0. The molecular weight excluding hydrogens is 1600 g/mol. The van der Waals surface area contributed by atoms with Crippen molar-refractivity contribution in [3.8, 4) is 45.3 Å².